The van der Waals surface area contributed by atoms with Crippen LogP contribution < -0.4 is 0 Å². The molecule has 100 valence electrons. The lowest BCUT2D eigenvalue weighted by molar-refractivity contribution is 0.176. The molecular formula is C16H16F2O. The van der Waals surface area contributed by atoms with Crippen LogP contribution >= 0.6 is 0 Å². The number of aryl methyl sites for hydroxylation is 1. The Labute approximate surface area is 111 Å². The zero-order chi connectivity index (χ0) is 14.0. The van der Waals surface area contributed by atoms with E-state index in [4.69, 9.17) is 0 Å². The summed E-state index contributed by atoms with van der Waals surface area (Å²) < 4.78 is 26.6. The van der Waals surface area contributed by atoms with E-state index < -0.39 is 17.7 Å². The summed E-state index contributed by atoms with van der Waals surface area (Å²) in [5, 5.41) is 10.2. The lowest BCUT2D eigenvalue weighted by Crippen LogP contribution is -2.06. The summed E-state index contributed by atoms with van der Waals surface area (Å²) in [4.78, 5) is 0. The average molecular weight is 262 g/mol. The van der Waals surface area contributed by atoms with E-state index in [2.05, 4.69) is 0 Å². The van der Waals surface area contributed by atoms with E-state index in [0.29, 0.717) is 0 Å². The molecule has 0 radical (unpaired) electrons. The van der Waals surface area contributed by atoms with Crippen LogP contribution in [0.5, 0.6) is 0 Å². The first-order valence-electron chi connectivity index (χ1n) is 6.17. The molecule has 0 aliphatic rings. The minimum absolute atomic E-state index is 0.0634. The Hall–Kier alpha value is -1.74. The first kappa shape index (κ1) is 13.7. The van der Waals surface area contributed by atoms with Crippen LogP contribution in [0.3, 0.4) is 0 Å². The second kappa shape index (κ2) is 5.49. The molecule has 0 amide bonds. The molecule has 1 nitrogen and oxygen atoms in total. The van der Waals surface area contributed by atoms with Crippen molar-refractivity contribution in [3.8, 4) is 0 Å². The van der Waals surface area contributed by atoms with E-state index in [1.807, 2.05) is 32.0 Å². The van der Waals surface area contributed by atoms with Crippen molar-refractivity contribution in [1.82, 2.24) is 0 Å². The third-order valence-corrected chi connectivity index (χ3v) is 3.43. The molecule has 0 saturated heterocycles. The normalized spacial score (nSPS) is 12.5. The van der Waals surface area contributed by atoms with Crippen molar-refractivity contribution in [2.45, 2.75) is 26.4 Å². The zero-order valence-electron chi connectivity index (χ0n) is 11.0. The van der Waals surface area contributed by atoms with Gasteiger partial charge in [0.25, 0.3) is 0 Å². The predicted octanol–water partition coefficient (Wildman–Crippen LogP) is 3.86. The van der Waals surface area contributed by atoms with Gasteiger partial charge in [-0.3, -0.25) is 0 Å². The minimum atomic E-state index is -0.837. The van der Waals surface area contributed by atoms with E-state index in [1.165, 1.54) is 0 Å². The maximum absolute atomic E-state index is 13.5. The maximum Gasteiger partial charge on any atom is 0.126 e. The zero-order valence-corrected chi connectivity index (χ0v) is 11.0. The van der Waals surface area contributed by atoms with Gasteiger partial charge in [-0.25, -0.2) is 8.78 Å². The second-order valence-electron chi connectivity index (χ2n) is 4.74. The van der Waals surface area contributed by atoms with Crippen LogP contribution in [0, 0.1) is 25.5 Å². The Balaban J connectivity index is 2.28. The van der Waals surface area contributed by atoms with Crippen LogP contribution in [-0.4, -0.2) is 5.11 Å². The summed E-state index contributed by atoms with van der Waals surface area (Å²) in [6.45, 7) is 3.87. The fraction of sp³-hybridized carbons (Fsp3) is 0.250. The van der Waals surface area contributed by atoms with Gasteiger partial charge in [0, 0.05) is 6.42 Å². The molecule has 0 spiro atoms. The summed E-state index contributed by atoms with van der Waals surface area (Å²) in [7, 11) is 0. The lowest BCUT2D eigenvalue weighted by atomic mass is 9.95. The summed E-state index contributed by atoms with van der Waals surface area (Å²) in [5.41, 5.74) is 2.99. The topological polar surface area (TPSA) is 20.2 Å². The molecule has 2 rings (SSSR count). The van der Waals surface area contributed by atoms with Crippen LogP contribution in [-0.2, 0) is 6.42 Å². The first-order chi connectivity index (χ1) is 8.99. The molecule has 1 unspecified atom stereocenters. The van der Waals surface area contributed by atoms with Crippen molar-refractivity contribution >= 4 is 0 Å². The van der Waals surface area contributed by atoms with Crippen LogP contribution in [0.2, 0.25) is 0 Å². The molecule has 0 bridgehead atoms. The van der Waals surface area contributed by atoms with Crippen molar-refractivity contribution in [3.05, 3.63) is 70.3 Å². The monoisotopic (exact) mass is 262 g/mol. The number of aliphatic hydroxyl groups excluding tert-OH is 1. The molecule has 19 heavy (non-hydrogen) atoms. The number of benzene rings is 2. The summed E-state index contributed by atoms with van der Waals surface area (Å²) in [6, 6.07) is 8.90. The highest BCUT2D eigenvalue weighted by Gasteiger charge is 2.15. The Morgan fingerprint density at radius 3 is 2.58 bits per heavy atom. The molecular weight excluding hydrogens is 246 g/mol. The van der Waals surface area contributed by atoms with Crippen molar-refractivity contribution in [1.29, 1.82) is 0 Å². The van der Waals surface area contributed by atoms with Gasteiger partial charge in [0.2, 0.25) is 0 Å². The van der Waals surface area contributed by atoms with Gasteiger partial charge < -0.3 is 5.11 Å². The smallest absolute Gasteiger partial charge is 0.126 e. The van der Waals surface area contributed by atoms with Crippen molar-refractivity contribution < 1.29 is 13.9 Å². The molecule has 0 aliphatic heterocycles. The SMILES string of the molecule is Cc1cccc(C(O)Cc2cc(F)ccc2F)c1C. The van der Waals surface area contributed by atoms with Gasteiger partial charge in [-0.2, -0.15) is 0 Å². The molecule has 0 aromatic heterocycles. The van der Waals surface area contributed by atoms with Gasteiger partial charge in [-0.05, 0) is 54.3 Å². The quantitative estimate of drug-likeness (QED) is 0.890. The molecule has 0 saturated carbocycles. The number of rotatable bonds is 3. The Bertz CT molecular complexity index is 593. The van der Waals surface area contributed by atoms with Crippen molar-refractivity contribution in [2.24, 2.45) is 0 Å². The molecule has 2 aromatic carbocycles. The highest BCUT2D eigenvalue weighted by molar-refractivity contribution is 5.35. The van der Waals surface area contributed by atoms with E-state index in [1.54, 1.807) is 0 Å². The highest BCUT2D eigenvalue weighted by Crippen LogP contribution is 2.24. The van der Waals surface area contributed by atoms with Gasteiger partial charge >= 0.3 is 0 Å². The molecule has 1 N–H and O–H groups in total. The first-order valence-corrected chi connectivity index (χ1v) is 6.17. The predicted molar refractivity (Wildman–Crippen MR) is 70.9 cm³/mol. The molecule has 0 heterocycles. The Morgan fingerprint density at radius 2 is 1.84 bits per heavy atom. The number of aliphatic hydroxyl groups is 1. The van der Waals surface area contributed by atoms with Crippen LogP contribution in [0.25, 0.3) is 0 Å². The maximum atomic E-state index is 13.5. The fourth-order valence-corrected chi connectivity index (χ4v) is 2.15. The Kier molecular flexibility index (Phi) is 3.96. The molecule has 1 atom stereocenters. The van der Waals surface area contributed by atoms with Gasteiger partial charge in [-0.1, -0.05) is 18.2 Å². The standard InChI is InChI=1S/C16H16F2O/c1-10-4-3-5-14(11(10)2)16(19)9-12-8-13(17)6-7-15(12)18/h3-8,16,19H,9H2,1-2H3. The van der Waals surface area contributed by atoms with E-state index in [-0.39, 0.29) is 12.0 Å². The minimum Gasteiger partial charge on any atom is -0.388 e. The number of hydrogen-bond acceptors (Lipinski definition) is 1. The van der Waals surface area contributed by atoms with Crippen LogP contribution in [0.15, 0.2) is 36.4 Å². The summed E-state index contributed by atoms with van der Waals surface area (Å²) in [5.74, 6) is -0.990. The summed E-state index contributed by atoms with van der Waals surface area (Å²) in [6.07, 6.45) is -0.773. The third kappa shape index (κ3) is 2.99. The largest absolute Gasteiger partial charge is 0.388 e. The molecule has 3 heteroatoms. The van der Waals surface area contributed by atoms with E-state index in [9.17, 15) is 13.9 Å². The third-order valence-electron chi connectivity index (χ3n) is 3.43. The van der Waals surface area contributed by atoms with Gasteiger partial charge in [0.15, 0.2) is 0 Å². The van der Waals surface area contributed by atoms with Crippen LogP contribution in [0.1, 0.15) is 28.4 Å². The van der Waals surface area contributed by atoms with E-state index in [0.717, 1.165) is 34.9 Å². The molecule has 0 fully saturated rings. The van der Waals surface area contributed by atoms with Gasteiger partial charge in [0.05, 0.1) is 6.10 Å². The Morgan fingerprint density at radius 1 is 1.11 bits per heavy atom. The van der Waals surface area contributed by atoms with Gasteiger partial charge in [0.1, 0.15) is 11.6 Å². The average Bonchev–Trinajstić information content (AvgIpc) is 2.37. The number of halogens is 2. The molecule has 0 aliphatic carbocycles. The molecule has 2 aromatic rings. The van der Waals surface area contributed by atoms with Crippen molar-refractivity contribution in [3.63, 3.8) is 0 Å². The number of hydrogen-bond donors (Lipinski definition) is 1. The van der Waals surface area contributed by atoms with Crippen molar-refractivity contribution in [2.75, 3.05) is 0 Å². The second-order valence-corrected chi connectivity index (χ2v) is 4.74. The lowest BCUT2D eigenvalue weighted by Gasteiger charge is -2.15. The summed E-state index contributed by atoms with van der Waals surface area (Å²) >= 11 is 0. The van der Waals surface area contributed by atoms with Crippen LogP contribution in [0.4, 0.5) is 8.78 Å². The highest BCUT2D eigenvalue weighted by atomic mass is 19.1. The fourth-order valence-electron chi connectivity index (χ4n) is 2.15. The van der Waals surface area contributed by atoms with Gasteiger partial charge in [-0.15, -0.1) is 0 Å². The van der Waals surface area contributed by atoms with E-state index >= 15 is 0 Å².